The molecule has 0 amide bonds. The van der Waals surface area contributed by atoms with E-state index in [0.29, 0.717) is 0 Å². The quantitative estimate of drug-likeness (QED) is 0.165. The minimum Gasteiger partial charge on any atom is -0.311 e. The maximum absolute atomic E-state index is 2.65. The van der Waals surface area contributed by atoms with Gasteiger partial charge in [-0.1, -0.05) is 143 Å². The second-order valence-electron chi connectivity index (χ2n) is 21.0. The van der Waals surface area contributed by atoms with E-state index in [1.54, 1.807) is 10.4 Å². The van der Waals surface area contributed by atoms with Gasteiger partial charge >= 0.3 is 0 Å². The molecule has 0 saturated heterocycles. The van der Waals surface area contributed by atoms with Gasteiger partial charge in [-0.25, -0.2) is 0 Å². The summed E-state index contributed by atoms with van der Waals surface area (Å²) in [4.78, 5) is 5.28. The first kappa shape index (κ1) is 36.0. The standard InChI is InChI=1S/C49H59BN2Si/c1-30-23-38-43-39(24-30)52(36-26-32(47(5,6)7)25-33(27-36)48(8,9)10)37-17-16-18-41-44(37)50(43)45-40(28-34(49(11,12)13)29-42(45)53(41,14)15)51(38)35-21-19-31(20-22-35)46(2,3)4/h16-29H,1-15H3. The second kappa shape index (κ2) is 11.3. The lowest BCUT2D eigenvalue weighted by Crippen LogP contribution is -2.79. The van der Waals surface area contributed by atoms with Gasteiger partial charge in [0.25, 0.3) is 6.71 Å². The minimum absolute atomic E-state index is 0.0139. The predicted molar refractivity (Wildman–Crippen MR) is 237 cm³/mol. The monoisotopic (exact) mass is 714 g/mol. The molecule has 0 N–H and O–H groups in total. The van der Waals surface area contributed by atoms with Crippen LogP contribution in [0.4, 0.5) is 34.1 Å². The maximum Gasteiger partial charge on any atom is 0.251 e. The number of anilines is 6. The Morgan fingerprint density at radius 1 is 0.434 bits per heavy atom. The molecule has 0 aliphatic carbocycles. The summed E-state index contributed by atoms with van der Waals surface area (Å²) in [5.74, 6) is 0. The van der Waals surface area contributed by atoms with Crippen LogP contribution < -0.4 is 36.6 Å². The molecule has 0 saturated carbocycles. The number of hydrogen-bond acceptors (Lipinski definition) is 2. The highest BCUT2D eigenvalue weighted by atomic mass is 28.3. The summed E-state index contributed by atoms with van der Waals surface area (Å²) in [5.41, 5.74) is 19.3. The Kier molecular flexibility index (Phi) is 7.64. The van der Waals surface area contributed by atoms with Crippen molar-refractivity contribution >= 4 is 75.7 Å². The molecule has 0 atom stereocenters. The SMILES string of the molecule is Cc1cc2c3c(c1)N(c1ccc(C(C)(C)C)cc1)c1cc(C(C)(C)C)cc4c1B3c1c(cccc1[Si]4(C)C)N2c1cc(C(C)(C)C)cc(C(C)(C)C)c1. The van der Waals surface area contributed by atoms with Gasteiger partial charge in [-0.2, -0.15) is 0 Å². The zero-order valence-electron chi connectivity index (χ0n) is 35.1. The topological polar surface area (TPSA) is 6.48 Å². The fraction of sp³-hybridized carbons (Fsp3) is 0.388. The van der Waals surface area contributed by atoms with Gasteiger partial charge in [0.1, 0.15) is 8.07 Å². The number of hydrogen-bond donors (Lipinski definition) is 0. The van der Waals surface area contributed by atoms with E-state index >= 15 is 0 Å². The molecule has 3 aliphatic rings. The van der Waals surface area contributed by atoms with E-state index in [9.17, 15) is 0 Å². The first-order valence-electron chi connectivity index (χ1n) is 19.8. The van der Waals surface area contributed by atoms with Crippen LogP contribution in [0.3, 0.4) is 0 Å². The zero-order chi connectivity index (χ0) is 38.4. The third-order valence-corrected chi connectivity index (χ3v) is 16.0. The van der Waals surface area contributed by atoms with Crippen molar-refractivity contribution in [3.63, 3.8) is 0 Å². The average Bonchev–Trinajstić information content (AvgIpc) is 3.05. The van der Waals surface area contributed by atoms with Crippen molar-refractivity contribution in [1.82, 2.24) is 0 Å². The summed E-state index contributed by atoms with van der Waals surface area (Å²) in [6.07, 6.45) is 0. The van der Waals surface area contributed by atoms with Crippen molar-refractivity contribution in [3.05, 3.63) is 113 Å². The molecule has 5 aromatic rings. The molecular weight excluding hydrogens is 655 g/mol. The molecule has 5 aromatic carbocycles. The van der Waals surface area contributed by atoms with Gasteiger partial charge in [0, 0.05) is 34.1 Å². The molecule has 4 heteroatoms. The molecule has 0 unspecified atom stereocenters. The van der Waals surface area contributed by atoms with E-state index < -0.39 is 8.07 Å². The van der Waals surface area contributed by atoms with Crippen LogP contribution in [-0.2, 0) is 21.7 Å². The largest absolute Gasteiger partial charge is 0.311 e. The lowest BCUT2D eigenvalue weighted by molar-refractivity contribution is 0.569. The van der Waals surface area contributed by atoms with Crippen LogP contribution in [0.2, 0.25) is 13.1 Å². The Balaban J connectivity index is 1.52. The molecule has 272 valence electrons. The molecule has 2 nitrogen and oxygen atoms in total. The van der Waals surface area contributed by atoms with E-state index in [0.717, 1.165) is 0 Å². The van der Waals surface area contributed by atoms with E-state index in [1.807, 2.05) is 0 Å². The van der Waals surface area contributed by atoms with Crippen LogP contribution in [0.15, 0.2) is 84.9 Å². The number of benzene rings is 5. The predicted octanol–water partition coefficient (Wildman–Crippen LogP) is 10.4. The van der Waals surface area contributed by atoms with Crippen LogP contribution >= 0.6 is 0 Å². The minimum atomic E-state index is -2.16. The lowest BCUT2D eigenvalue weighted by Gasteiger charge is -2.50. The Hall–Kier alpha value is -4.02. The fourth-order valence-corrected chi connectivity index (χ4v) is 12.4. The van der Waals surface area contributed by atoms with E-state index in [4.69, 9.17) is 0 Å². The summed E-state index contributed by atoms with van der Waals surface area (Å²) in [5, 5.41) is 3.18. The smallest absolute Gasteiger partial charge is 0.251 e. The zero-order valence-corrected chi connectivity index (χ0v) is 36.1. The first-order valence-corrected chi connectivity index (χ1v) is 22.8. The third-order valence-electron chi connectivity index (χ3n) is 12.5. The van der Waals surface area contributed by atoms with Crippen LogP contribution in [0.25, 0.3) is 0 Å². The van der Waals surface area contributed by atoms with Gasteiger partial charge in [-0.15, -0.1) is 0 Å². The van der Waals surface area contributed by atoms with Gasteiger partial charge in [0.05, 0.1) is 0 Å². The van der Waals surface area contributed by atoms with Crippen molar-refractivity contribution in [2.75, 3.05) is 9.80 Å². The van der Waals surface area contributed by atoms with E-state index in [-0.39, 0.29) is 28.4 Å². The highest BCUT2D eigenvalue weighted by molar-refractivity contribution is 7.16. The highest BCUT2D eigenvalue weighted by Crippen LogP contribution is 2.47. The molecule has 8 rings (SSSR count). The molecule has 0 radical (unpaired) electrons. The lowest BCUT2D eigenvalue weighted by atomic mass is 9.33. The molecule has 53 heavy (non-hydrogen) atoms. The fourth-order valence-electron chi connectivity index (χ4n) is 9.21. The van der Waals surface area contributed by atoms with Gasteiger partial charge in [-0.05, 0) is 121 Å². The van der Waals surface area contributed by atoms with Gasteiger partial charge in [-0.3, -0.25) is 0 Å². The van der Waals surface area contributed by atoms with Crippen LogP contribution in [-0.4, -0.2) is 14.8 Å². The molecule has 0 aromatic heterocycles. The summed E-state index contributed by atoms with van der Waals surface area (Å²) < 4.78 is 0. The number of aryl methyl sites for hydroxylation is 1. The Morgan fingerprint density at radius 3 is 1.43 bits per heavy atom. The van der Waals surface area contributed by atoms with Crippen molar-refractivity contribution in [3.8, 4) is 0 Å². The Morgan fingerprint density at radius 2 is 0.906 bits per heavy atom. The number of nitrogens with zero attached hydrogens (tertiary/aromatic N) is 2. The van der Waals surface area contributed by atoms with Gasteiger partial charge < -0.3 is 9.80 Å². The first-order chi connectivity index (χ1) is 24.5. The maximum atomic E-state index is 2.65. The van der Waals surface area contributed by atoms with Crippen molar-refractivity contribution < 1.29 is 0 Å². The molecule has 3 aliphatic heterocycles. The summed E-state index contributed by atoms with van der Waals surface area (Å²) in [7, 11) is -2.16. The summed E-state index contributed by atoms with van der Waals surface area (Å²) in [6, 6.07) is 34.2. The molecule has 0 spiro atoms. The van der Waals surface area contributed by atoms with Crippen molar-refractivity contribution in [2.24, 2.45) is 0 Å². The molecular formula is C49H59BN2Si. The van der Waals surface area contributed by atoms with E-state index in [1.165, 1.54) is 78.3 Å². The van der Waals surface area contributed by atoms with Gasteiger partial charge in [0.2, 0.25) is 0 Å². The number of rotatable bonds is 2. The molecule has 0 bridgehead atoms. The van der Waals surface area contributed by atoms with Crippen LogP contribution in [0, 0.1) is 6.92 Å². The normalized spacial score (nSPS) is 15.9. The highest BCUT2D eigenvalue weighted by Gasteiger charge is 2.52. The van der Waals surface area contributed by atoms with Crippen LogP contribution in [0.1, 0.15) is 111 Å². The second-order valence-corrected chi connectivity index (χ2v) is 25.3. The van der Waals surface area contributed by atoms with E-state index in [2.05, 4.69) is 198 Å². The molecule has 3 heterocycles. The third kappa shape index (κ3) is 5.49. The summed E-state index contributed by atoms with van der Waals surface area (Å²) in [6.45, 7) is 35.8. The van der Waals surface area contributed by atoms with Crippen LogP contribution in [0.5, 0.6) is 0 Å². The Bertz CT molecular complexity index is 2290. The molecule has 0 fully saturated rings. The van der Waals surface area contributed by atoms with Crippen molar-refractivity contribution in [1.29, 1.82) is 0 Å². The Labute approximate surface area is 321 Å². The average molecular weight is 715 g/mol. The van der Waals surface area contributed by atoms with Crippen molar-refractivity contribution in [2.45, 2.75) is 125 Å². The van der Waals surface area contributed by atoms with Gasteiger partial charge in [0.15, 0.2) is 0 Å². The summed E-state index contributed by atoms with van der Waals surface area (Å²) >= 11 is 0.